The van der Waals surface area contributed by atoms with Crippen molar-refractivity contribution < 1.29 is 18.7 Å². The number of hydrogen-bond donors (Lipinski definition) is 0. The van der Waals surface area contributed by atoms with E-state index in [0.717, 1.165) is 11.1 Å². The number of hydrogen-bond acceptors (Lipinski definition) is 5. The van der Waals surface area contributed by atoms with Gasteiger partial charge >= 0.3 is 5.97 Å². The Morgan fingerprint density at radius 3 is 2.36 bits per heavy atom. The van der Waals surface area contributed by atoms with Gasteiger partial charge in [0.25, 0.3) is 0 Å². The van der Waals surface area contributed by atoms with E-state index in [1.54, 1.807) is 6.92 Å². The third-order valence-corrected chi connectivity index (χ3v) is 3.82. The first-order valence-electron chi connectivity index (χ1n) is 7.95. The summed E-state index contributed by atoms with van der Waals surface area (Å²) in [6.07, 6.45) is -0.762. The summed E-state index contributed by atoms with van der Waals surface area (Å²) in [4.78, 5) is 16.8. The molecule has 1 unspecified atom stereocenters. The Balaban J connectivity index is 1.69. The van der Waals surface area contributed by atoms with Crippen molar-refractivity contribution in [2.24, 2.45) is 0 Å². The number of esters is 1. The Morgan fingerprint density at radius 2 is 1.72 bits per heavy atom. The fourth-order valence-electron chi connectivity index (χ4n) is 2.48. The van der Waals surface area contributed by atoms with Crippen molar-refractivity contribution in [3.8, 4) is 11.5 Å². The molecule has 128 valence electrons. The normalized spacial score (nSPS) is 11.9. The molecule has 5 nitrogen and oxygen atoms in total. The van der Waals surface area contributed by atoms with Gasteiger partial charge in [0.1, 0.15) is 18.1 Å². The van der Waals surface area contributed by atoms with Gasteiger partial charge in [0, 0.05) is 12.7 Å². The summed E-state index contributed by atoms with van der Waals surface area (Å²) in [6.45, 7) is 1.83. The molecular formula is C20H19NO4. The highest BCUT2D eigenvalue weighted by Crippen LogP contribution is 2.23. The van der Waals surface area contributed by atoms with E-state index < -0.39 is 12.1 Å². The maximum Gasteiger partial charge on any atom is 0.340 e. The third kappa shape index (κ3) is 3.95. The smallest absolute Gasteiger partial charge is 0.340 e. The molecule has 0 aliphatic carbocycles. The number of aromatic nitrogens is 1. The van der Waals surface area contributed by atoms with Crippen LogP contribution in [0.4, 0.5) is 0 Å². The van der Waals surface area contributed by atoms with Gasteiger partial charge in [0.05, 0.1) is 0 Å². The minimum absolute atomic E-state index is 0.0354. The van der Waals surface area contributed by atoms with Crippen LogP contribution in [0.2, 0.25) is 0 Å². The highest BCUT2D eigenvalue weighted by atomic mass is 16.6. The molecule has 0 fully saturated rings. The molecule has 0 aliphatic rings. The molecule has 1 aromatic heterocycles. The van der Waals surface area contributed by atoms with Crippen molar-refractivity contribution in [3.63, 3.8) is 0 Å². The van der Waals surface area contributed by atoms with Crippen molar-refractivity contribution in [1.29, 1.82) is 0 Å². The summed E-state index contributed by atoms with van der Waals surface area (Å²) < 4.78 is 16.3. The van der Waals surface area contributed by atoms with Crippen molar-refractivity contribution in [3.05, 3.63) is 77.7 Å². The van der Waals surface area contributed by atoms with Crippen LogP contribution in [0.15, 0.2) is 65.1 Å². The average Bonchev–Trinajstić information content (AvgIpc) is 3.03. The summed E-state index contributed by atoms with van der Waals surface area (Å²) in [6, 6.07) is 18.8. The van der Waals surface area contributed by atoms with E-state index in [2.05, 4.69) is 4.98 Å². The van der Waals surface area contributed by atoms with Gasteiger partial charge in [0.2, 0.25) is 5.89 Å². The third-order valence-electron chi connectivity index (χ3n) is 3.82. The van der Waals surface area contributed by atoms with Gasteiger partial charge in [-0.05, 0) is 24.6 Å². The maximum atomic E-state index is 12.3. The number of rotatable bonds is 6. The lowest BCUT2D eigenvalue weighted by atomic mass is 10.1. The molecule has 0 bridgehead atoms. The van der Waals surface area contributed by atoms with Crippen LogP contribution in [-0.4, -0.2) is 18.1 Å². The van der Waals surface area contributed by atoms with Crippen LogP contribution in [-0.2, 0) is 20.9 Å². The summed E-state index contributed by atoms with van der Waals surface area (Å²) in [5.74, 6) is 0.674. The van der Waals surface area contributed by atoms with E-state index in [1.165, 1.54) is 7.11 Å². The summed E-state index contributed by atoms with van der Waals surface area (Å²) >= 11 is 0. The molecule has 0 amide bonds. The van der Waals surface area contributed by atoms with E-state index in [1.807, 2.05) is 60.7 Å². The molecule has 0 aliphatic heterocycles. The zero-order valence-corrected chi connectivity index (χ0v) is 14.1. The van der Waals surface area contributed by atoms with Gasteiger partial charge in [-0.15, -0.1) is 0 Å². The molecule has 1 atom stereocenters. The number of benzene rings is 2. The lowest BCUT2D eigenvalue weighted by Crippen LogP contribution is -2.17. The van der Waals surface area contributed by atoms with Crippen molar-refractivity contribution in [2.45, 2.75) is 19.6 Å². The zero-order chi connectivity index (χ0) is 17.6. The van der Waals surface area contributed by atoms with Crippen LogP contribution in [0.1, 0.15) is 23.1 Å². The molecule has 0 saturated heterocycles. The number of nitrogens with zero attached hydrogens (tertiary/aromatic N) is 1. The fraction of sp³-hybridized carbons (Fsp3) is 0.200. The highest BCUT2D eigenvalue weighted by molar-refractivity contribution is 5.76. The van der Waals surface area contributed by atoms with Crippen LogP contribution >= 0.6 is 0 Å². The predicted molar refractivity (Wildman–Crippen MR) is 92.7 cm³/mol. The Bertz CT molecular complexity index is 827. The number of carbonyl (C=O) groups excluding carboxylic acids is 1. The molecule has 3 rings (SSSR count). The topological polar surface area (TPSA) is 61.6 Å². The SMILES string of the molecule is COC(C(=O)OCc1nc(-c2ccccc2)oc1C)c1ccccc1. The average molecular weight is 337 g/mol. The van der Waals surface area contributed by atoms with E-state index in [4.69, 9.17) is 13.9 Å². The summed E-state index contributed by atoms with van der Waals surface area (Å²) in [5, 5.41) is 0. The first-order chi connectivity index (χ1) is 12.2. The van der Waals surface area contributed by atoms with Crippen molar-refractivity contribution in [1.82, 2.24) is 4.98 Å². The quantitative estimate of drug-likeness (QED) is 0.634. The molecule has 0 spiro atoms. The molecule has 1 heterocycles. The summed E-state index contributed by atoms with van der Waals surface area (Å²) in [7, 11) is 1.48. The van der Waals surface area contributed by atoms with Gasteiger partial charge in [-0.2, -0.15) is 0 Å². The monoisotopic (exact) mass is 337 g/mol. The van der Waals surface area contributed by atoms with E-state index in [0.29, 0.717) is 17.3 Å². The molecule has 3 aromatic rings. The van der Waals surface area contributed by atoms with Crippen LogP contribution < -0.4 is 0 Å². The Morgan fingerprint density at radius 1 is 1.08 bits per heavy atom. The maximum absolute atomic E-state index is 12.3. The Kier molecular flexibility index (Phi) is 5.26. The predicted octanol–water partition coefficient (Wildman–Crippen LogP) is 4.08. The van der Waals surface area contributed by atoms with Gasteiger partial charge in [-0.1, -0.05) is 48.5 Å². The zero-order valence-electron chi connectivity index (χ0n) is 14.1. The lowest BCUT2D eigenvalue weighted by Gasteiger charge is -2.14. The minimum Gasteiger partial charge on any atom is -0.457 e. The van der Waals surface area contributed by atoms with Crippen molar-refractivity contribution >= 4 is 5.97 Å². The second-order valence-corrected chi connectivity index (χ2v) is 5.52. The van der Waals surface area contributed by atoms with Crippen molar-refractivity contribution in [2.75, 3.05) is 7.11 Å². The second kappa shape index (κ2) is 7.77. The molecule has 0 radical (unpaired) electrons. The van der Waals surface area contributed by atoms with Gasteiger partial charge in [0.15, 0.2) is 6.10 Å². The molecule has 25 heavy (non-hydrogen) atoms. The molecule has 0 saturated carbocycles. The van der Waals surface area contributed by atoms with Gasteiger partial charge in [-0.25, -0.2) is 9.78 Å². The van der Waals surface area contributed by atoms with Crippen LogP contribution in [0.25, 0.3) is 11.5 Å². The van der Waals surface area contributed by atoms with Crippen LogP contribution in [0.5, 0.6) is 0 Å². The number of oxazole rings is 1. The Hall–Kier alpha value is -2.92. The lowest BCUT2D eigenvalue weighted by molar-refractivity contribution is -0.157. The largest absolute Gasteiger partial charge is 0.457 e. The van der Waals surface area contributed by atoms with Gasteiger partial charge in [-0.3, -0.25) is 0 Å². The summed E-state index contributed by atoms with van der Waals surface area (Å²) in [5.41, 5.74) is 2.22. The Labute approximate surface area is 146 Å². The van der Waals surface area contributed by atoms with E-state index >= 15 is 0 Å². The van der Waals surface area contributed by atoms with E-state index in [-0.39, 0.29) is 6.61 Å². The van der Waals surface area contributed by atoms with Gasteiger partial charge < -0.3 is 13.9 Å². The first-order valence-corrected chi connectivity index (χ1v) is 7.95. The first kappa shape index (κ1) is 16.9. The van der Waals surface area contributed by atoms with Crippen LogP contribution in [0, 0.1) is 6.92 Å². The number of aryl methyl sites for hydroxylation is 1. The molecular weight excluding hydrogens is 318 g/mol. The van der Waals surface area contributed by atoms with Crippen LogP contribution in [0.3, 0.4) is 0 Å². The standard InChI is InChI=1S/C20H19NO4/c1-14-17(21-19(25-14)16-11-7-4-8-12-16)13-24-20(22)18(23-2)15-9-5-3-6-10-15/h3-12,18H,13H2,1-2H3. The second-order valence-electron chi connectivity index (χ2n) is 5.52. The fourth-order valence-corrected chi connectivity index (χ4v) is 2.48. The molecule has 0 N–H and O–H groups in total. The number of methoxy groups -OCH3 is 1. The molecule has 5 heteroatoms. The number of carbonyl (C=O) groups is 1. The highest BCUT2D eigenvalue weighted by Gasteiger charge is 2.22. The minimum atomic E-state index is -0.762. The number of ether oxygens (including phenoxy) is 2. The van der Waals surface area contributed by atoms with E-state index in [9.17, 15) is 4.79 Å². The molecule has 2 aromatic carbocycles.